The molecule has 7 nitrogen and oxygen atoms in total. The Balaban J connectivity index is 1.99. The van der Waals surface area contributed by atoms with Gasteiger partial charge in [0.25, 0.3) is 5.91 Å². The van der Waals surface area contributed by atoms with Gasteiger partial charge >= 0.3 is 0 Å². The normalized spacial score (nSPS) is 11.3. The molecule has 0 heterocycles. The first-order chi connectivity index (χ1) is 13.2. The van der Waals surface area contributed by atoms with Gasteiger partial charge in [0.1, 0.15) is 5.75 Å². The van der Waals surface area contributed by atoms with Crippen LogP contribution >= 0.6 is 34.8 Å². The van der Waals surface area contributed by atoms with Crippen molar-refractivity contribution < 1.29 is 22.7 Å². The Kier molecular flexibility index (Phi) is 8.36. The highest BCUT2D eigenvalue weighted by molar-refractivity contribution is 7.89. The Labute approximate surface area is 177 Å². The van der Waals surface area contributed by atoms with Crippen LogP contribution in [0.2, 0.25) is 15.1 Å². The largest absolute Gasteiger partial charge is 0.482 e. The molecular weight excluding hydrogens is 451 g/mol. The van der Waals surface area contributed by atoms with Crippen LogP contribution in [0.25, 0.3) is 0 Å². The highest BCUT2D eigenvalue weighted by atomic mass is 35.5. The molecule has 2 rings (SSSR count). The summed E-state index contributed by atoms with van der Waals surface area (Å²) in [6.45, 7) is 0.00158. The predicted molar refractivity (Wildman–Crippen MR) is 109 cm³/mol. The summed E-state index contributed by atoms with van der Waals surface area (Å²) in [5, 5.41) is 3.35. The number of sulfonamides is 1. The molecule has 0 radical (unpaired) electrons. The van der Waals surface area contributed by atoms with E-state index >= 15 is 0 Å². The summed E-state index contributed by atoms with van der Waals surface area (Å²) < 4.78 is 36.8. The summed E-state index contributed by atoms with van der Waals surface area (Å²) in [4.78, 5) is 12.0. The van der Waals surface area contributed by atoms with Crippen LogP contribution in [0.4, 0.5) is 5.69 Å². The fourth-order valence-electron chi connectivity index (χ4n) is 2.05. The second kappa shape index (κ2) is 10.3. The van der Waals surface area contributed by atoms with E-state index in [0.29, 0.717) is 15.7 Å². The molecule has 0 saturated heterocycles. The van der Waals surface area contributed by atoms with Crippen molar-refractivity contribution in [1.29, 1.82) is 0 Å². The van der Waals surface area contributed by atoms with Crippen molar-refractivity contribution in [2.45, 2.75) is 4.90 Å². The van der Waals surface area contributed by atoms with E-state index in [1.54, 1.807) is 12.1 Å². The molecule has 0 spiro atoms. The zero-order valence-electron chi connectivity index (χ0n) is 14.7. The van der Waals surface area contributed by atoms with Gasteiger partial charge in [0.15, 0.2) is 6.61 Å². The zero-order valence-corrected chi connectivity index (χ0v) is 17.8. The minimum Gasteiger partial charge on any atom is -0.482 e. The Hall–Kier alpha value is -1.55. The van der Waals surface area contributed by atoms with E-state index in [1.165, 1.54) is 31.4 Å². The summed E-state index contributed by atoms with van der Waals surface area (Å²) in [6, 6.07) is 8.57. The smallest absolute Gasteiger partial charge is 0.262 e. The number of carbonyl (C=O) groups is 1. The molecule has 2 N–H and O–H groups in total. The van der Waals surface area contributed by atoms with E-state index in [-0.39, 0.29) is 35.4 Å². The summed E-state index contributed by atoms with van der Waals surface area (Å²) >= 11 is 17.9. The van der Waals surface area contributed by atoms with Crippen LogP contribution in [0.15, 0.2) is 41.3 Å². The number of hydrogen-bond acceptors (Lipinski definition) is 5. The first-order valence-electron chi connectivity index (χ1n) is 7.89. The van der Waals surface area contributed by atoms with Crippen LogP contribution in [-0.2, 0) is 19.6 Å². The van der Waals surface area contributed by atoms with E-state index < -0.39 is 15.9 Å². The highest BCUT2D eigenvalue weighted by Crippen LogP contribution is 2.28. The Morgan fingerprint density at radius 1 is 1.07 bits per heavy atom. The molecule has 2 aromatic rings. The van der Waals surface area contributed by atoms with Crippen molar-refractivity contribution in [2.24, 2.45) is 0 Å². The van der Waals surface area contributed by atoms with Gasteiger partial charge in [-0.15, -0.1) is 0 Å². The number of hydrogen-bond donors (Lipinski definition) is 2. The van der Waals surface area contributed by atoms with Crippen LogP contribution in [0, 0.1) is 0 Å². The SMILES string of the molecule is COCCNS(=O)(=O)c1ccc(OCC(=O)Nc2cc(Cl)ccc2Cl)c(Cl)c1. The summed E-state index contributed by atoms with van der Waals surface area (Å²) in [5.74, 6) is -0.331. The van der Waals surface area contributed by atoms with Gasteiger partial charge in [-0.3, -0.25) is 4.79 Å². The number of rotatable bonds is 9. The van der Waals surface area contributed by atoms with Crippen molar-refractivity contribution >= 4 is 56.4 Å². The maximum absolute atomic E-state index is 12.1. The molecule has 0 aliphatic heterocycles. The van der Waals surface area contributed by atoms with Crippen molar-refractivity contribution in [3.8, 4) is 5.75 Å². The van der Waals surface area contributed by atoms with Gasteiger partial charge in [-0.1, -0.05) is 34.8 Å². The maximum atomic E-state index is 12.1. The lowest BCUT2D eigenvalue weighted by molar-refractivity contribution is -0.118. The van der Waals surface area contributed by atoms with Crippen LogP contribution in [0.5, 0.6) is 5.75 Å². The number of carbonyl (C=O) groups excluding carboxylic acids is 1. The Morgan fingerprint density at radius 3 is 2.50 bits per heavy atom. The van der Waals surface area contributed by atoms with Gasteiger partial charge in [-0.25, -0.2) is 13.1 Å². The minimum atomic E-state index is -3.73. The lowest BCUT2D eigenvalue weighted by atomic mass is 10.3. The first kappa shape index (κ1) is 22.7. The van der Waals surface area contributed by atoms with Crippen LogP contribution in [-0.4, -0.2) is 41.2 Å². The molecule has 28 heavy (non-hydrogen) atoms. The summed E-state index contributed by atoms with van der Waals surface area (Å²) in [5.41, 5.74) is 0.345. The van der Waals surface area contributed by atoms with Crippen molar-refractivity contribution in [3.63, 3.8) is 0 Å². The predicted octanol–water partition coefficient (Wildman–Crippen LogP) is 3.59. The van der Waals surface area contributed by atoms with Crippen molar-refractivity contribution in [1.82, 2.24) is 4.72 Å². The molecule has 11 heteroatoms. The van der Waals surface area contributed by atoms with Gasteiger partial charge in [0.2, 0.25) is 10.0 Å². The molecule has 152 valence electrons. The first-order valence-corrected chi connectivity index (χ1v) is 10.5. The van der Waals surface area contributed by atoms with E-state index in [4.69, 9.17) is 44.3 Å². The third kappa shape index (κ3) is 6.51. The minimum absolute atomic E-state index is 0.0314. The summed E-state index contributed by atoms with van der Waals surface area (Å²) in [7, 11) is -2.26. The third-order valence-electron chi connectivity index (χ3n) is 3.37. The molecule has 2 aromatic carbocycles. The third-order valence-corrected chi connectivity index (χ3v) is 5.69. The quantitative estimate of drug-likeness (QED) is 0.550. The molecule has 0 aliphatic carbocycles. The number of halogens is 3. The molecule has 0 aliphatic rings. The van der Waals surface area contributed by atoms with Gasteiger partial charge in [-0.05, 0) is 36.4 Å². The van der Waals surface area contributed by atoms with Gasteiger partial charge in [0.05, 0.1) is 27.2 Å². The van der Waals surface area contributed by atoms with Crippen molar-refractivity contribution in [3.05, 3.63) is 51.5 Å². The standard InChI is InChI=1S/C17H17Cl3N2O5S/c1-26-7-6-21-28(24,25)12-3-5-16(14(20)9-12)27-10-17(23)22-15-8-11(18)2-4-13(15)19/h2-5,8-9,21H,6-7,10H2,1H3,(H,22,23). The van der Waals surface area contributed by atoms with Crippen LogP contribution < -0.4 is 14.8 Å². The second-order valence-corrected chi connectivity index (χ2v) is 8.46. The lowest BCUT2D eigenvalue weighted by Gasteiger charge is -2.11. The number of methoxy groups -OCH3 is 1. The zero-order chi connectivity index (χ0) is 20.7. The topological polar surface area (TPSA) is 93.7 Å². The molecule has 0 atom stereocenters. The van der Waals surface area contributed by atoms with Crippen LogP contribution in [0.3, 0.4) is 0 Å². The molecule has 0 bridgehead atoms. The van der Waals surface area contributed by atoms with Gasteiger partial charge < -0.3 is 14.8 Å². The molecule has 0 unspecified atom stereocenters. The number of nitrogens with one attached hydrogen (secondary N) is 2. The molecular formula is C17H17Cl3N2O5S. The van der Waals surface area contributed by atoms with E-state index in [1.807, 2.05) is 0 Å². The van der Waals surface area contributed by atoms with Crippen LogP contribution in [0.1, 0.15) is 0 Å². The highest BCUT2D eigenvalue weighted by Gasteiger charge is 2.16. The van der Waals surface area contributed by atoms with Gasteiger partial charge in [0, 0.05) is 18.7 Å². The molecule has 0 fully saturated rings. The van der Waals surface area contributed by atoms with Gasteiger partial charge in [-0.2, -0.15) is 0 Å². The lowest BCUT2D eigenvalue weighted by Crippen LogP contribution is -2.27. The summed E-state index contributed by atoms with van der Waals surface area (Å²) in [6.07, 6.45) is 0. The Bertz CT molecular complexity index is 954. The fourth-order valence-corrected chi connectivity index (χ4v) is 3.73. The second-order valence-electron chi connectivity index (χ2n) is 5.44. The number of amides is 1. The Morgan fingerprint density at radius 2 is 1.82 bits per heavy atom. The fraction of sp³-hybridized carbons (Fsp3) is 0.235. The molecule has 0 aromatic heterocycles. The van der Waals surface area contributed by atoms with Crippen molar-refractivity contribution in [2.75, 3.05) is 32.2 Å². The average Bonchev–Trinajstić information content (AvgIpc) is 2.63. The monoisotopic (exact) mass is 466 g/mol. The number of ether oxygens (including phenoxy) is 2. The number of benzene rings is 2. The van der Waals surface area contributed by atoms with E-state index in [0.717, 1.165) is 0 Å². The van der Waals surface area contributed by atoms with E-state index in [2.05, 4.69) is 10.0 Å². The number of anilines is 1. The average molecular weight is 468 g/mol. The molecule has 1 amide bonds. The van der Waals surface area contributed by atoms with E-state index in [9.17, 15) is 13.2 Å². The molecule has 0 saturated carbocycles. The maximum Gasteiger partial charge on any atom is 0.262 e.